The van der Waals surface area contributed by atoms with Crippen LogP contribution in [0.4, 0.5) is 0 Å². The van der Waals surface area contributed by atoms with Crippen molar-refractivity contribution in [2.45, 2.75) is 19.8 Å². The summed E-state index contributed by atoms with van der Waals surface area (Å²) in [7, 11) is 1.84. The number of unbranched alkanes of at least 4 members (excludes halogenated alkanes) is 1. The summed E-state index contributed by atoms with van der Waals surface area (Å²) in [5, 5.41) is 0. The number of carbonyl (C=O) groups excluding carboxylic acids is 1. The first-order valence-corrected chi connectivity index (χ1v) is 5.96. The summed E-state index contributed by atoms with van der Waals surface area (Å²) >= 11 is 3.39. The zero-order valence-electron chi connectivity index (χ0n) is 9.16. The molecule has 0 aliphatic heterocycles. The molecule has 1 aromatic rings. The lowest BCUT2D eigenvalue weighted by molar-refractivity contribution is 0.0792. The standard InChI is InChI=1S/C12H16BrNO/c1-3-4-9-14(2)12(15)10-7-5-6-8-11(10)13/h5-8H,3-4,9H2,1-2H3. The van der Waals surface area contributed by atoms with Crippen molar-refractivity contribution < 1.29 is 4.79 Å². The van der Waals surface area contributed by atoms with E-state index >= 15 is 0 Å². The normalized spacial score (nSPS) is 10.1. The SMILES string of the molecule is CCCCN(C)C(=O)c1ccccc1Br. The van der Waals surface area contributed by atoms with Crippen LogP contribution in [0.15, 0.2) is 28.7 Å². The van der Waals surface area contributed by atoms with Crippen LogP contribution >= 0.6 is 15.9 Å². The van der Waals surface area contributed by atoms with E-state index in [9.17, 15) is 4.79 Å². The second-order valence-electron chi connectivity index (χ2n) is 3.56. The second-order valence-corrected chi connectivity index (χ2v) is 4.41. The highest BCUT2D eigenvalue weighted by Gasteiger charge is 2.13. The third-order valence-corrected chi connectivity index (χ3v) is 2.99. The third-order valence-electron chi connectivity index (χ3n) is 2.30. The maximum atomic E-state index is 12.0. The van der Waals surface area contributed by atoms with Crippen LogP contribution in [0.5, 0.6) is 0 Å². The molecular formula is C12H16BrNO. The van der Waals surface area contributed by atoms with E-state index in [0.29, 0.717) is 0 Å². The van der Waals surface area contributed by atoms with Gasteiger partial charge < -0.3 is 4.90 Å². The van der Waals surface area contributed by atoms with Crippen molar-refractivity contribution in [1.29, 1.82) is 0 Å². The number of amides is 1. The van der Waals surface area contributed by atoms with Gasteiger partial charge in [0.2, 0.25) is 0 Å². The third kappa shape index (κ3) is 3.34. The maximum absolute atomic E-state index is 12.0. The molecule has 2 nitrogen and oxygen atoms in total. The van der Waals surface area contributed by atoms with Gasteiger partial charge in [-0.05, 0) is 34.5 Å². The van der Waals surface area contributed by atoms with Crippen molar-refractivity contribution in [3.8, 4) is 0 Å². The summed E-state index contributed by atoms with van der Waals surface area (Å²) in [4.78, 5) is 13.7. The van der Waals surface area contributed by atoms with Gasteiger partial charge in [-0.1, -0.05) is 25.5 Å². The van der Waals surface area contributed by atoms with Crippen LogP contribution in [0.25, 0.3) is 0 Å². The molecule has 1 aromatic carbocycles. The first kappa shape index (κ1) is 12.2. The molecule has 0 radical (unpaired) electrons. The summed E-state index contributed by atoms with van der Waals surface area (Å²) in [6, 6.07) is 7.52. The van der Waals surface area contributed by atoms with Crippen LogP contribution in [-0.2, 0) is 0 Å². The van der Waals surface area contributed by atoms with Gasteiger partial charge in [-0.2, -0.15) is 0 Å². The minimum Gasteiger partial charge on any atom is -0.342 e. The Bertz CT molecular complexity index is 338. The molecule has 0 aromatic heterocycles. The highest BCUT2D eigenvalue weighted by Crippen LogP contribution is 2.17. The second kappa shape index (κ2) is 5.91. The zero-order valence-corrected chi connectivity index (χ0v) is 10.8. The number of carbonyl (C=O) groups is 1. The van der Waals surface area contributed by atoms with E-state index in [4.69, 9.17) is 0 Å². The lowest BCUT2D eigenvalue weighted by Gasteiger charge is -2.17. The van der Waals surface area contributed by atoms with E-state index in [1.807, 2.05) is 31.3 Å². The van der Waals surface area contributed by atoms with Crippen molar-refractivity contribution in [3.05, 3.63) is 34.3 Å². The molecule has 0 bridgehead atoms. The monoisotopic (exact) mass is 269 g/mol. The van der Waals surface area contributed by atoms with Crippen LogP contribution in [-0.4, -0.2) is 24.4 Å². The quantitative estimate of drug-likeness (QED) is 0.821. The van der Waals surface area contributed by atoms with E-state index in [1.165, 1.54) is 0 Å². The molecule has 0 saturated heterocycles. The maximum Gasteiger partial charge on any atom is 0.254 e. The van der Waals surface area contributed by atoms with Crippen molar-refractivity contribution in [1.82, 2.24) is 4.90 Å². The van der Waals surface area contributed by atoms with Crippen molar-refractivity contribution in [3.63, 3.8) is 0 Å². The van der Waals surface area contributed by atoms with Gasteiger partial charge in [0.05, 0.1) is 5.56 Å². The molecule has 0 saturated carbocycles. The Balaban J connectivity index is 2.72. The fraction of sp³-hybridized carbons (Fsp3) is 0.417. The Morgan fingerprint density at radius 2 is 2.07 bits per heavy atom. The fourth-order valence-electron chi connectivity index (χ4n) is 1.34. The van der Waals surface area contributed by atoms with E-state index in [0.717, 1.165) is 29.4 Å². The molecule has 82 valence electrons. The Hall–Kier alpha value is -0.830. The zero-order chi connectivity index (χ0) is 11.3. The first-order chi connectivity index (χ1) is 7.16. The number of halogens is 1. The van der Waals surface area contributed by atoms with Crippen molar-refractivity contribution in [2.75, 3.05) is 13.6 Å². The van der Waals surface area contributed by atoms with Crippen LogP contribution in [0.3, 0.4) is 0 Å². The van der Waals surface area contributed by atoms with Gasteiger partial charge in [0, 0.05) is 18.1 Å². The number of nitrogens with zero attached hydrogens (tertiary/aromatic N) is 1. The molecule has 0 aliphatic rings. The molecule has 0 N–H and O–H groups in total. The molecule has 1 amide bonds. The van der Waals surface area contributed by atoms with Gasteiger partial charge >= 0.3 is 0 Å². The molecule has 1 rings (SSSR count). The highest BCUT2D eigenvalue weighted by molar-refractivity contribution is 9.10. The van der Waals surface area contributed by atoms with E-state index in [-0.39, 0.29) is 5.91 Å². The summed E-state index contributed by atoms with van der Waals surface area (Å²) in [5.74, 6) is 0.0796. The minimum atomic E-state index is 0.0796. The first-order valence-electron chi connectivity index (χ1n) is 5.16. The Kier molecular flexibility index (Phi) is 4.82. The molecule has 3 heteroatoms. The summed E-state index contributed by atoms with van der Waals surface area (Å²) in [5.41, 5.74) is 0.733. The van der Waals surface area contributed by atoms with Gasteiger partial charge in [0.1, 0.15) is 0 Å². The number of hydrogen-bond acceptors (Lipinski definition) is 1. The average Bonchev–Trinajstić information content (AvgIpc) is 2.25. The number of hydrogen-bond donors (Lipinski definition) is 0. The van der Waals surface area contributed by atoms with E-state index < -0.39 is 0 Å². The molecule has 0 atom stereocenters. The molecule has 15 heavy (non-hydrogen) atoms. The molecule has 0 heterocycles. The largest absolute Gasteiger partial charge is 0.342 e. The van der Waals surface area contributed by atoms with Crippen LogP contribution < -0.4 is 0 Å². The number of rotatable bonds is 4. The Labute approximate surface area is 99.4 Å². The van der Waals surface area contributed by atoms with Gasteiger partial charge in [-0.25, -0.2) is 0 Å². The van der Waals surface area contributed by atoms with E-state index in [2.05, 4.69) is 22.9 Å². The topological polar surface area (TPSA) is 20.3 Å². The van der Waals surface area contributed by atoms with Crippen molar-refractivity contribution >= 4 is 21.8 Å². The van der Waals surface area contributed by atoms with Crippen molar-refractivity contribution in [2.24, 2.45) is 0 Å². The predicted molar refractivity (Wildman–Crippen MR) is 66.0 cm³/mol. The van der Waals surface area contributed by atoms with Gasteiger partial charge in [-0.15, -0.1) is 0 Å². The smallest absolute Gasteiger partial charge is 0.254 e. The summed E-state index contributed by atoms with van der Waals surface area (Å²) in [6.07, 6.45) is 2.15. The van der Waals surface area contributed by atoms with Crippen LogP contribution in [0.2, 0.25) is 0 Å². The summed E-state index contributed by atoms with van der Waals surface area (Å²) < 4.78 is 0.860. The Morgan fingerprint density at radius 3 is 2.67 bits per heavy atom. The lowest BCUT2D eigenvalue weighted by atomic mass is 10.2. The minimum absolute atomic E-state index is 0.0796. The molecule has 0 aliphatic carbocycles. The molecule has 0 spiro atoms. The summed E-state index contributed by atoms with van der Waals surface area (Å²) in [6.45, 7) is 2.94. The average molecular weight is 270 g/mol. The Morgan fingerprint density at radius 1 is 1.40 bits per heavy atom. The fourth-order valence-corrected chi connectivity index (χ4v) is 1.79. The van der Waals surface area contributed by atoms with Gasteiger partial charge in [-0.3, -0.25) is 4.79 Å². The highest BCUT2D eigenvalue weighted by atomic mass is 79.9. The van der Waals surface area contributed by atoms with Crippen LogP contribution in [0.1, 0.15) is 30.1 Å². The predicted octanol–water partition coefficient (Wildman–Crippen LogP) is 3.32. The van der Waals surface area contributed by atoms with Crippen LogP contribution in [0, 0.1) is 0 Å². The van der Waals surface area contributed by atoms with Gasteiger partial charge in [0.25, 0.3) is 5.91 Å². The van der Waals surface area contributed by atoms with E-state index in [1.54, 1.807) is 4.90 Å². The van der Waals surface area contributed by atoms with Gasteiger partial charge in [0.15, 0.2) is 0 Å². The molecule has 0 fully saturated rings. The lowest BCUT2D eigenvalue weighted by Crippen LogP contribution is -2.27. The molecule has 0 unspecified atom stereocenters. The number of benzene rings is 1. The molecular weight excluding hydrogens is 254 g/mol.